The Bertz CT molecular complexity index is 256. The number of hydrogen-bond acceptors (Lipinski definition) is 2. The average molecular weight is 191 g/mol. The van der Waals surface area contributed by atoms with E-state index in [9.17, 15) is 0 Å². The van der Waals surface area contributed by atoms with E-state index < -0.39 is 0 Å². The van der Waals surface area contributed by atoms with Crippen LogP contribution in [-0.4, -0.2) is 26.5 Å². The molecule has 0 bridgehead atoms. The molecule has 0 unspecified atom stereocenters. The molecule has 0 aliphatic carbocycles. The summed E-state index contributed by atoms with van der Waals surface area (Å²) >= 11 is 0. The van der Waals surface area contributed by atoms with Gasteiger partial charge in [0.05, 0.1) is 13.2 Å². The quantitative estimate of drug-likeness (QED) is 0.499. The van der Waals surface area contributed by atoms with Gasteiger partial charge in [-0.2, -0.15) is 0 Å². The van der Waals surface area contributed by atoms with Crippen molar-refractivity contribution in [1.29, 1.82) is 0 Å². The highest BCUT2D eigenvalue weighted by Gasteiger charge is 1.88. The smallest absolute Gasteiger partial charge is 0.0657 e. The Balaban J connectivity index is 2.12. The summed E-state index contributed by atoms with van der Waals surface area (Å²) in [7, 11) is 1.69. The third kappa shape index (κ3) is 4.77. The highest BCUT2D eigenvalue weighted by Crippen LogP contribution is 2.00. The number of ether oxygens (including phenoxy) is 1. The van der Waals surface area contributed by atoms with Crippen molar-refractivity contribution in [2.75, 3.05) is 20.3 Å². The maximum absolute atomic E-state index is 4.89. The maximum atomic E-state index is 4.89. The van der Waals surface area contributed by atoms with E-state index in [-0.39, 0.29) is 0 Å². The zero-order valence-electron chi connectivity index (χ0n) is 8.65. The third-order valence-electron chi connectivity index (χ3n) is 1.96. The minimum Gasteiger partial charge on any atom is -0.383 e. The van der Waals surface area contributed by atoms with E-state index in [2.05, 4.69) is 29.3 Å². The van der Waals surface area contributed by atoms with Crippen LogP contribution in [0.1, 0.15) is 12.0 Å². The number of rotatable bonds is 6. The van der Waals surface area contributed by atoms with Crippen LogP contribution in [0.3, 0.4) is 0 Å². The molecule has 0 heterocycles. The zero-order chi connectivity index (χ0) is 10.1. The predicted molar refractivity (Wildman–Crippen MR) is 60.0 cm³/mol. The van der Waals surface area contributed by atoms with Crippen molar-refractivity contribution in [1.82, 2.24) is 0 Å². The lowest BCUT2D eigenvalue weighted by molar-refractivity contribution is 0.208. The van der Waals surface area contributed by atoms with Crippen LogP contribution in [0, 0.1) is 0 Å². The average Bonchev–Trinajstić information content (AvgIpc) is 2.25. The van der Waals surface area contributed by atoms with Gasteiger partial charge in [0.1, 0.15) is 0 Å². The molecule has 0 aliphatic rings. The Morgan fingerprint density at radius 1 is 1.29 bits per heavy atom. The fourth-order valence-corrected chi connectivity index (χ4v) is 1.20. The van der Waals surface area contributed by atoms with E-state index in [1.807, 2.05) is 12.3 Å². The second-order valence-corrected chi connectivity index (χ2v) is 3.11. The fourth-order valence-electron chi connectivity index (χ4n) is 1.20. The molecule has 1 rings (SSSR count). The molecule has 76 valence electrons. The number of aryl methyl sites for hydroxylation is 1. The minimum atomic E-state index is 0.710. The van der Waals surface area contributed by atoms with Crippen LogP contribution in [-0.2, 0) is 11.2 Å². The predicted octanol–water partition coefficient (Wildman–Crippen LogP) is 2.34. The van der Waals surface area contributed by atoms with Gasteiger partial charge in [0.25, 0.3) is 0 Å². The molecular weight excluding hydrogens is 174 g/mol. The van der Waals surface area contributed by atoms with Gasteiger partial charge in [-0.3, -0.25) is 4.99 Å². The molecule has 0 aliphatic heterocycles. The van der Waals surface area contributed by atoms with Gasteiger partial charge in [-0.15, -0.1) is 0 Å². The summed E-state index contributed by atoms with van der Waals surface area (Å²) in [6.07, 6.45) is 4.05. The van der Waals surface area contributed by atoms with Gasteiger partial charge in [-0.05, 0) is 24.6 Å². The van der Waals surface area contributed by atoms with Crippen LogP contribution < -0.4 is 0 Å². The SMILES string of the molecule is COCCN=CCCc1ccccc1. The van der Waals surface area contributed by atoms with E-state index >= 15 is 0 Å². The third-order valence-corrected chi connectivity index (χ3v) is 1.96. The minimum absolute atomic E-state index is 0.710. The first-order valence-electron chi connectivity index (χ1n) is 4.94. The summed E-state index contributed by atoms with van der Waals surface area (Å²) in [6, 6.07) is 10.5. The van der Waals surface area contributed by atoms with Crippen LogP contribution in [0.2, 0.25) is 0 Å². The van der Waals surface area contributed by atoms with Crippen molar-refractivity contribution in [2.24, 2.45) is 4.99 Å². The lowest BCUT2D eigenvalue weighted by Gasteiger charge is -1.96. The highest BCUT2D eigenvalue weighted by molar-refractivity contribution is 5.57. The van der Waals surface area contributed by atoms with E-state index in [1.54, 1.807) is 7.11 Å². The number of nitrogens with zero attached hydrogens (tertiary/aromatic N) is 1. The Kier molecular flexibility index (Phi) is 5.68. The zero-order valence-corrected chi connectivity index (χ0v) is 8.65. The molecule has 0 fully saturated rings. The Labute approximate surface area is 85.6 Å². The molecule has 0 aromatic heterocycles. The van der Waals surface area contributed by atoms with Crippen molar-refractivity contribution in [3.8, 4) is 0 Å². The van der Waals surface area contributed by atoms with Crippen molar-refractivity contribution in [3.05, 3.63) is 35.9 Å². The second-order valence-electron chi connectivity index (χ2n) is 3.11. The Morgan fingerprint density at radius 2 is 2.07 bits per heavy atom. The summed E-state index contributed by atoms with van der Waals surface area (Å²) in [5.41, 5.74) is 1.37. The first kappa shape index (κ1) is 10.9. The van der Waals surface area contributed by atoms with Gasteiger partial charge < -0.3 is 4.74 Å². The molecule has 1 aromatic carbocycles. The second kappa shape index (κ2) is 7.27. The van der Waals surface area contributed by atoms with E-state index in [0.717, 1.165) is 19.4 Å². The molecule has 0 spiro atoms. The highest BCUT2D eigenvalue weighted by atomic mass is 16.5. The van der Waals surface area contributed by atoms with Gasteiger partial charge in [-0.1, -0.05) is 30.3 Å². The first-order chi connectivity index (χ1) is 6.93. The molecule has 0 atom stereocenters. The number of hydrogen-bond donors (Lipinski definition) is 0. The number of benzene rings is 1. The molecule has 0 amide bonds. The standard InChI is InChI=1S/C12H17NO/c1-14-11-10-13-9-5-8-12-6-3-2-4-7-12/h2-4,6-7,9H,5,8,10-11H2,1H3. The van der Waals surface area contributed by atoms with E-state index in [1.165, 1.54) is 5.56 Å². The molecule has 2 nitrogen and oxygen atoms in total. The summed E-state index contributed by atoms with van der Waals surface area (Å²) in [6.45, 7) is 1.48. The molecule has 0 N–H and O–H groups in total. The lowest BCUT2D eigenvalue weighted by atomic mass is 10.1. The van der Waals surface area contributed by atoms with E-state index in [4.69, 9.17) is 4.74 Å². The molecular formula is C12H17NO. The maximum Gasteiger partial charge on any atom is 0.0657 e. The summed E-state index contributed by atoms with van der Waals surface area (Å²) in [5.74, 6) is 0. The molecule has 1 aromatic rings. The Hall–Kier alpha value is -1.15. The molecule has 0 saturated carbocycles. The first-order valence-corrected chi connectivity index (χ1v) is 4.94. The lowest BCUT2D eigenvalue weighted by Crippen LogP contribution is -1.93. The number of aliphatic imine (C=N–C) groups is 1. The van der Waals surface area contributed by atoms with Crippen molar-refractivity contribution < 1.29 is 4.74 Å². The molecule has 0 saturated heterocycles. The fraction of sp³-hybridized carbons (Fsp3) is 0.417. The topological polar surface area (TPSA) is 21.6 Å². The monoisotopic (exact) mass is 191 g/mol. The van der Waals surface area contributed by atoms with Crippen LogP contribution in [0.25, 0.3) is 0 Å². The van der Waals surface area contributed by atoms with Crippen LogP contribution in [0.5, 0.6) is 0 Å². The van der Waals surface area contributed by atoms with Gasteiger partial charge in [-0.25, -0.2) is 0 Å². The largest absolute Gasteiger partial charge is 0.383 e. The Morgan fingerprint density at radius 3 is 2.79 bits per heavy atom. The molecule has 0 radical (unpaired) electrons. The van der Waals surface area contributed by atoms with E-state index in [0.29, 0.717) is 6.61 Å². The van der Waals surface area contributed by atoms with Gasteiger partial charge in [0.15, 0.2) is 0 Å². The summed E-state index contributed by atoms with van der Waals surface area (Å²) < 4.78 is 4.89. The van der Waals surface area contributed by atoms with Gasteiger partial charge in [0, 0.05) is 7.11 Å². The van der Waals surface area contributed by atoms with Crippen LogP contribution in [0.4, 0.5) is 0 Å². The summed E-state index contributed by atoms with van der Waals surface area (Å²) in [5, 5.41) is 0. The van der Waals surface area contributed by atoms with Gasteiger partial charge in [0.2, 0.25) is 0 Å². The van der Waals surface area contributed by atoms with Crippen molar-refractivity contribution >= 4 is 6.21 Å². The van der Waals surface area contributed by atoms with Crippen molar-refractivity contribution in [3.63, 3.8) is 0 Å². The summed E-state index contributed by atoms with van der Waals surface area (Å²) in [4.78, 5) is 4.23. The van der Waals surface area contributed by atoms with Crippen molar-refractivity contribution in [2.45, 2.75) is 12.8 Å². The van der Waals surface area contributed by atoms with Gasteiger partial charge >= 0.3 is 0 Å². The molecule has 14 heavy (non-hydrogen) atoms. The van der Waals surface area contributed by atoms with Crippen LogP contribution in [0.15, 0.2) is 35.3 Å². The normalized spacial score (nSPS) is 10.9. The van der Waals surface area contributed by atoms with Crippen LogP contribution >= 0.6 is 0 Å². The molecule has 2 heteroatoms. The number of methoxy groups -OCH3 is 1.